The monoisotopic (exact) mass is 314 g/mol. The Bertz CT molecular complexity index is 678. The highest BCUT2D eigenvalue weighted by Gasteiger charge is 2.55. The van der Waals surface area contributed by atoms with Crippen LogP contribution in [0.25, 0.3) is 0 Å². The zero-order chi connectivity index (χ0) is 16.1. The molecule has 0 radical (unpaired) electrons. The smallest absolute Gasteiger partial charge is 0.334 e. The van der Waals surface area contributed by atoms with E-state index in [1.165, 1.54) is 18.2 Å². The summed E-state index contributed by atoms with van der Waals surface area (Å²) in [5.41, 5.74) is 4.35. The third-order valence-electron chi connectivity index (χ3n) is 5.79. The first-order valence-corrected chi connectivity index (χ1v) is 8.23. The van der Waals surface area contributed by atoms with Crippen LogP contribution in [-0.4, -0.2) is 32.9 Å². The van der Waals surface area contributed by atoms with E-state index in [1.807, 2.05) is 12.1 Å². The van der Waals surface area contributed by atoms with Gasteiger partial charge in [0.25, 0.3) is 0 Å². The number of carbonyl (C=O) groups is 1. The zero-order valence-electron chi connectivity index (χ0n) is 13.7. The van der Waals surface area contributed by atoms with Gasteiger partial charge in [0.05, 0.1) is 25.9 Å². The summed E-state index contributed by atoms with van der Waals surface area (Å²) in [4.78, 5) is 12.5. The lowest BCUT2D eigenvalue weighted by atomic mass is 9.67. The number of fused-ring (bicyclic) bond motifs is 5. The van der Waals surface area contributed by atoms with Gasteiger partial charge in [-0.15, -0.1) is 0 Å². The molecule has 122 valence electrons. The van der Waals surface area contributed by atoms with Crippen molar-refractivity contribution in [2.75, 3.05) is 20.8 Å². The lowest BCUT2D eigenvalue weighted by Crippen LogP contribution is -2.37. The van der Waals surface area contributed by atoms with Gasteiger partial charge >= 0.3 is 5.97 Å². The molecule has 4 nitrogen and oxygen atoms in total. The predicted molar refractivity (Wildman–Crippen MR) is 85.0 cm³/mol. The number of hydrogen-bond donors (Lipinski definition) is 0. The third kappa shape index (κ3) is 1.95. The molecule has 1 aliphatic heterocycles. The van der Waals surface area contributed by atoms with Crippen molar-refractivity contribution in [3.05, 3.63) is 46.5 Å². The summed E-state index contributed by atoms with van der Waals surface area (Å²) in [6, 6.07) is 8.31. The van der Waals surface area contributed by atoms with Crippen LogP contribution in [0.1, 0.15) is 36.5 Å². The molecule has 0 unspecified atom stereocenters. The summed E-state index contributed by atoms with van der Waals surface area (Å²) < 4.78 is 17.0. The third-order valence-corrected chi connectivity index (χ3v) is 5.79. The maximum absolute atomic E-state index is 12.5. The molecule has 0 spiro atoms. The van der Waals surface area contributed by atoms with Crippen LogP contribution in [0.5, 0.6) is 0 Å². The van der Waals surface area contributed by atoms with Crippen LogP contribution in [0.2, 0.25) is 0 Å². The van der Waals surface area contributed by atoms with Gasteiger partial charge in [0.2, 0.25) is 0 Å². The fourth-order valence-corrected chi connectivity index (χ4v) is 4.93. The van der Waals surface area contributed by atoms with Crippen molar-refractivity contribution < 1.29 is 19.0 Å². The van der Waals surface area contributed by atoms with Crippen LogP contribution in [0, 0.1) is 11.8 Å². The molecule has 1 aromatic rings. The van der Waals surface area contributed by atoms with Crippen LogP contribution >= 0.6 is 0 Å². The molecule has 4 rings (SSSR count). The summed E-state index contributed by atoms with van der Waals surface area (Å²) in [6.45, 7) is 2.90. The molecule has 1 fully saturated rings. The van der Waals surface area contributed by atoms with Gasteiger partial charge < -0.3 is 14.2 Å². The molecule has 0 saturated carbocycles. The first-order chi connectivity index (χ1) is 11.2. The number of rotatable bonds is 2. The molecule has 1 saturated heterocycles. The highest BCUT2D eigenvalue weighted by molar-refractivity contribution is 5.93. The van der Waals surface area contributed by atoms with Crippen LogP contribution in [0.15, 0.2) is 35.4 Å². The standard InChI is InChI=1S/C19H22O4/c1-10-14-15(11-6-4-5-7-12(11)17(10)21-2)16(19(20)22-3)13-8-9-23-18(13)14/h4-7,10,14-15,17-18H,8-9H2,1-3H3/t10-,14+,15+,17+,18+/m1/s1. The Morgan fingerprint density at radius 1 is 1.22 bits per heavy atom. The molecule has 0 bridgehead atoms. The van der Waals surface area contributed by atoms with Gasteiger partial charge in [-0.2, -0.15) is 0 Å². The number of esters is 1. The van der Waals surface area contributed by atoms with Crippen LogP contribution in [0.3, 0.4) is 0 Å². The Labute approximate surface area is 136 Å². The largest absolute Gasteiger partial charge is 0.466 e. The molecule has 23 heavy (non-hydrogen) atoms. The van der Waals surface area contributed by atoms with E-state index in [0.29, 0.717) is 6.61 Å². The van der Waals surface area contributed by atoms with Gasteiger partial charge in [0.15, 0.2) is 0 Å². The van der Waals surface area contributed by atoms with E-state index in [9.17, 15) is 4.79 Å². The maximum Gasteiger partial charge on any atom is 0.334 e. The fraction of sp³-hybridized carbons (Fsp3) is 0.526. The second-order valence-electron chi connectivity index (χ2n) is 6.67. The van der Waals surface area contributed by atoms with Crippen molar-refractivity contribution >= 4 is 5.97 Å². The van der Waals surface area contributed by atoms with Crippen LogP contribution in [-0.2, 0) is 19.0 Å². The fourth-order valence-electron chi connectivity index (χ4n) is 4.93. The summed E-state index contributed by atoms with van der Waals surface area (Å²) in [5.74, 6) is 0.364. The van der Waals surface area contributed by atoms with Crippen LogP contribution < -0.4 is 0 Å². The lowest BCUT2D eigenvalue weighted by molar-refractivity contribution is -0.136. The summed E-state index contributed by atoms with van der Waals surface area (Å²) in [7, 11) is 3.22. The van der Waals surface area contributed by atoms with Crippen molar-refractivity contribution in [2.24, 2.45) is 11.8 Å². The van der Waals surface area contributed by atoms with Crippen molar-refractivity contribution in [3.8, 4) is 0 Å². The summed E-state index contributed by atoms with van der Waals surface area (Å²) >= 11 is 0. The molecule has 0 aromatic heterocycles. The average molecular weight is 314 g/mol. The second kappa shape index (κ2) is 5.46. The lowest BCUT2D eigenvalue weighted by Gasteiger charge is -2.41. The Morgan fingerprint density at radius 3 is 2.65 bits per heavy atom. The van der Waals surface area contributed by atoms with E-state index < -0.39 is 0 Å². The Kier molecular flexibility index (Phi) is 3.54. The first-order valence-electron chi connectivity index (χ1n) is 8.23. The van der Waals surface area contributed by atoms with E-state index in [1.54, 1.807) is 7.11 Å². The second-order valence-corrected chi connectivity index (χ2v) is 6.67. The highest BCUT2D eigenvalue weighted by atomic mass is 16.5. The minimum absolute atomic E-state index is 0.0232. The van der Waals surface area contributed by atoms with E-state index in [-0.39, 0.29) is 35.9 Å². The number of methoxy groups -OCH3 is 2. The van der Waals surface area contributed by atoms with Gasteiger partial charge in [-0.3, -0.25) is 0 Å². The highest BCUT2D eigenvalue weighted by Crippen LogP contribution is 2.58. The number of carbonyl (C=O) groups excluding carboxylic acids is 1. The quantitative estimate of drug-likeness (QED) is 0.787. The zero-order valence-corrected chi connectivity index (χ0v) is 13.7. The van der Waals surface area contributed by atoms with Crippen molar-refractivity contribution in [3.63, 3.8) is 0 Å². The minimum atomic E-state index is -0.208. The number of benzene rings is 1. The van der Waals surface area contributed by atoms with Gasteiger partial charge in [0.1, 0.15) is 0 Å². The van der Waals surface area contributed by atoms with E-state index in [2.05, 4.69) is 19.1 Å². The molecule has 1 aromatic carbocycles. The Hall–Kier alpha value is -1.65. The van der Waals surface area contributed by atoms with E-state index in [0.717, 1.165) is 17.6 Å². The van der Waals surface area contributed by atoms with Crippen molar-refractivity contribution in [1.82, 2.24) is 0 Å². The van der Waals surface area contributed by atoms with Crippen molar-refractivity contribution in [1.29, 1.82) is 0 Å². The Morgan fingerprint density at radius 2 is 1.96 bits per heavy atom. The molecular weight excluding hydrogens is 292 g/mol. The molecule has 0 N–H and O–H groups in total. The predicted octanol–water partition coefficient (Wildman–Crippen LogP) is 3.00. The van der Waals surface area contributed by atoms with E-state index >= 15 is 0 Å². The topological polar surface area (TPSA) is 44.8 Å². The molecule has 0 amide bonds. The molecule has 3 aliphatic rings. The maximum atomic E-state index is 12.5. The molecule has 1 heterocycles. The molecule has 4 heteroatoms. The van der Waals surface area contributed by atoms with Gasteiger partial charge in [-0.1, -0.05) is 31.2 Å². The number of hydrogen-bond acceptors (Lipinski definition) is 4. The molecule has 2 aliphatic carbocycles. The first kappa shape index (κ1) is 14.9. The summed E-state index contributed by atoms with van der Waals surface area (Å²) in [6.07, 6.45) is 0.888. The number of ether oxygens (including phenoxy) is 3. The SMILES string of the molecule is COC(=O)C1=C2CCO[C@@H]2[C@H]2[C@@H](C)[C@H](OC)c3ccccc3[C@H]12. The molecular formula is C19H22O4. The van der Waals surface area contributed by atoms with E-state index in [4.69, 9.17) is 14.2 Å². The summed E-state index contributed by atoms with van der Waals surface area (Å²) in [5, 5.41) is 0. The average Bonchev–Trinajstić information content (AvgIpc) is 3.14. The van der Waals surface area contributed by atoms with Gasteiger partial charge in [-0.05, 0) is 29.0 Å². The van der Waals surface area contributed by atoms with Crippen molar-refractivity contribution in [2.45, 2.75) is 31.5 Å². The molecule has 5 atom stereocenters. The Balaban J connectivity index is 1.92. The van der Waals surface area contributed by atoms with Gasteiger partial charge in [0, 0.05) is 24.5 Å². The van der Waals surface area contributed by atoms with Crippen LogP contribution in [0.4, 0.5) is 0 Å². The van der Waals surface area contributed by atoms with Gasteiger partial charge in [-0.25, -0.2) is 4.79 Å². The normalized spacial score (nSPS) is 34.8. The minimum Gasteiger partial charge on any atom is -0.466 e.